The molecule has 1 aromatic carbocycles. The summed E-state index contributed by atoms with van der Waals surface area (Å²) in [6.07, 6.45) is -4.14. The highest BCUT2D eigenvalue weighted by atomic mass is 19.4. The van der Waals surface area contributed by atoms with E-state index in [-0.39, 0.29) is 13.0 Å². The zero-order chi connectivity index (χ0) is 15.5. The van der Waals surface area contributed by atoms with Gasteiger partial charge in [0, 0.05) is 12.6 Å². The summed E-state index contributed by atoms with van der Waals surface area (Å²) in [7, 11) is 0. The van der Waals surface area contributed by atoms with Gasteiger partial charge in [0.25, 0.3) is 0 Å². The summed E-state index contributed by atoms with van der Waals surface area (Å²) in [6.45, 7) is 0.331. The van der Waals surface area contributed by atoms with Crippen molar-refractivity contribution >= 4 is 0 Å². The molecule has 118 valence electrons. The molecule has 3 atom stereocenters. The number of benzene rings is 1. The molecule has 1 saturated heterocycles. The molecule has 3 N–H and O–H groups in total. The third-order valence-electron chi connectivity index (χ3n) is 3.97. The average Bonchev–Trinajstić information content (AvgIpc) is 2.88. The predicted octanol–water partition coefficient (Wildman–Crippen LogP) is 1.94. The number of aliphatic hydroxyl groups is 1. The molecule has 0 amide bonds. The average molecular weight is 302 g/mol. The minimum atomic E-state index is -4.24. The Kier molecular flexibility index (Phi) is 5.24. The molecule has 2 rings (SSSR count). The fourth-order valence-electron chi connectivity index (χ4n) is 2.81. The third kappa shape index (κ3) is 4.43. The van der Waals surface area contributed by atoms with E-state index in [1.165, 1.54) is 4.90 Å². The lowest BCUT2D eigenvalue weighted by Gasteiger charge is -2.30. The Morgan fingerprint density at radius 2 is 1.95 bits per heavy atom. The van der Waals surface area contributed by atoms with E-state index in [2.05, 4.69) is 0 Å². The van der Waals surface area contributed by atoms with Crippen LogP contribution in [0.5, 0.6) is 0 Å². The summed E-state index contributed by atoms with van der Waals surface area (Å²) in [4.78, 5) is 1.30. The van der Waals surface area contributed by atoms with Gasteiger partial charge in [-0.15, -0.1) is 0 Å². The summed E-state index contributed by atoms with van der Waals surface area (Å²) >= 11 is 0. The highest BCUT2D eigenvalue weighted by Gasteiger charge is 2.46. The fourth-order valence-corrected chi connectivity index (χ4v) is 2.81. The van der Waals surface area contributed by atoms with Gasteiger partial charge >= 0.3 is 6.18 Å². The van der Waals surface area contributed by atoms with Crippen LogP contribution in [0.4, 0.5) is 13.2 Å². The van der Waals surface area contributed by atoms with Gasteiger partial charge in [-0.1, -0.05) is 30.3 Å². The van der Waals surface area contributed by atoms with Crippen LogP contribution < -0.4 is 5.73 Å². The summed E-state index contributed by atoms with van der Waals surface area (Å²) in [5.74, 6) is 0. The number of rotatable bonds is 5. The Bertz CT molecular complexity index is 438. The molecular formula is C15H21F3N2O. The van der Waals surface area contributed by atoms with Gasteiger partial charge in [-0.3, -0.25) is 4.90 Å². The first-order chi connectivity index (χ1) is 9.88. The van der Waals surface area contributed by atoms with Crippen LogP contribution >= 0.6 is 0 Å². The van der Waals surface area contributed by atoms with Gasteiger partial charge in [-0.25, -0.2) is 0 Å². The molecule has 3 unspecified atom stereocenters. The highest BCUT2D eigenvalue weighted by molar-refractivity contribution is 5.16. The van der Waals surface area contributed by atoms with E-state index in [4.69, 9.17) is 5.73 Å². The van der Waals surface area contributed by atoms with Crippen LogP contribution in [-0.2, 0) is 6.42 Å². The molecule has 0 saturated carbocycles. The molecule has 0 bridgehead atoms. The van der Waals surface area contributed by atoms with E-state index in [1.54, 1.807) is 0 Å². The number of nitrogens with two attached hydrogens (primary N) is 1. The van der Waals surface area contributed by atoms with Crippen LogP contribution in [0.3, 0.4) is 0 Å². The Morgan fingerprint density at radius 1 is 1.29 bits per heavy atom. The number of hydrogen-bond donors (Lipinski definition) is 2. The van der Waals surface area contributed by atoms with Gasteiger partial charge in [-0.2, -0.15) is 13.2 Å². The van der Waals surface area contributed by atoms with Crippen LogP contribution in [0, 0.1) is 0 Å². The zero-order valence-corrected chi connectivity index (χ0v) is 11.8. The van der Waals surface area contributed by atoms with Crippen LogP contribution in [0.25, 0.3) is 0 Å². The minimum absolute atomic E-state index is 0.0296. The highest BCUT2D eigenvalue weighted by Crippen LogP contribution is 2.32. The second kappa shape index (κ2) is 6.77. The number of β-amino-alcohol motifs (C(OH)–C–C–N with tert-alkyl or cyclic N) is 1. The maximum absolute atomic E-state index is 12.9. The molecule has 0 radical (unpaired) electrons. The van der Waals surface area contributed by atoms with Crippen molar-refractivity contribution in [2.45, 2.75) is 43.6 Å². The summed E-state index contributed by atoms with van der Waals surface area (Å²) in [6, 6.07) is 7.38. The quantitative estimate of drug-likeness (QED) is 0.874. The molecule has 6 heteroatoms. The van der Waals surface area contributed by atoms with Crippen molar-refractivity contribution in [2.75, 3.05) is 13.1 Å². The lowest BCUT2D eigenvalue weighted by Crippen LogP contribution is -2.49. The van der Waals surface area contributed by atoms with Crippen molar-refractivity contribution in [3.8, 4) is 0 Å². The molecule has 1 heterocycles. The Balaban J connectivity index is 1.90. The van der Waals surface area contributed by atoms with Gasteiger partial charge in [0.15, 0.2) is 0 Å². The zero-order valence-electron chi connectivity index (χ0n) is 11.8. The second-order valence-corrected chi connectivity index (χ2v) is 5.62. The lowest BCUT2D eigenvalue weighted by atomic mass is 10.0. The van der Waals surface area contributed by atoms with Gasteiger partial charge in [0.1, 0.15) is 6.04 Å². The third-order valence-corrected chi connectivity index (χ3v) is 3.97. The monoisotopic (exact) mass is 302 g/mol. The number of likely N-dealkylation sites (tertiary alicyclic amines) is 1. The predicted molar refractivity (Wildman–Crippen MR) is 74.8 cm³/mol. The molecule has 0 aromatic heterocycles. The number of halogens is 3. The molecule has 1 aliphatic heterocycles. The van der Waals surface area contributed by atoms with Crippen LogP contribution in [0.2, 0.25) is 0 Å². The lowest BCUT2D eigenvalue weighted by molar-refractivity contribution is -0.178. The topological polar surface area (TPSA) is 49.5 Å². The Labute approximate surface area is 122 Å². The molecule has 0 spiro atoms. The first-order valence-electron chi connectivity index (χ1n) is 7.16. The van der Waals surface area contributed by atoms with Crippen molar-refractivity contribution in [1.29, 1.82) is 0 Å². The normalized spacial score (nSPS) is 23.2. The van der Waals surface area contributed by atoms with Gasteiger partial charge < -0.3 is 10.8 Å². The summed E-state index contributed by atoms with van der Waals surface area (Å²) < 4.78 is 38.6. The van der Waals surface area contributed by atoms with E-state index in [1.807, 2.05) is 30.3 Å². The fraction of sp³-hybridized carbons (Fsp3) is 0.600. The largest absolute Gasteiger partial charge is 0.404 e. The number of hydrogen-bond acceptors (Lipinski definition) is 3. The molecule has 21 heavy (non-hydrogen) atoms. The van der Waals surface area contributed by atoms with Crippen molar-refractivity contribution in [3.05, 3.63) is 35.9 Å². The number of aliphatic hydroxyl groups excluding tert-OH is 1. The van der Waals surface area contributed by atoms with E-state index < -0.39 is 24.4 Å². The van der Waals surface area contributed by atoms with Crippen LogP contribution in [-0.4, -0.2) is 47.5 Å². The van der Waals surface area contributed by atoms with Crippen molar-refractivity contribution in [1.82, 2.24) is 4.90 Å². The molecule has 1 fully saturated rings. The standard InChI is InChI=1S/C15H21F3N2O/c16-15(17,18)14-7-4-8-20(14)10-13(21)12(19)9-11-5-2-1-3-6-11/h1-3,5-6,12-14,21H,4,7-10,19H2. The molecule has 1 aliphatic rings. The van der Waals surface area contributed by atoms with Crippen LogP contribution in [0.1, 0.15) is 18.4 Å². The molecule has 1 aromatic rings. The van der Waals surface area contributed by atoms with Gasteiger partial charge in [-0.05, 0) is 31.4 Å². The van der Waals surface area contributed by atoms with Gasteiger partial charge in [0.2, 0.25) is 0 Å². The van der Waals surface area contributed by atoms with E-state index >= 15 is 0 Å². The number of nitrogens with zero attached hydrogens (tertiary/aromatic N) is 1. The van der Waals surface area contributed by atoms with Gasteiger partial charge in [0.05, 0.1) is 6.10 Å². The number of alkyl halides is 3. The van der Waals surface area contributed by atoms with Crippen molar-refractivity contribution in [2.24, 2.45) is 5.73 Å². The maximum Gasteiger partial charge on any atom is 0.404 e. The maximum atomic E-state index is 12.9. The van der Waals surface area contributed by atoms with Crippen molar-refractivity contribution in [3.63, 3.8) is 0 Å². The summed E-state index contributed by atoms with van der Waals surface area (Å²) in [5.41, 5.74) is 6.89. The smallest absolute Gasteiger partial charge is 0.390 e. The van der Waals surface area contributed by atoms with E-state index in [0.29, 0.717) is 19.4 Å². The Morgan fingerprint density at radius 3 is 2.57 bits per heavy atom. The SMILES string of the molecule is NC(Cc1ccccc1)C(O)CN1CCCC1C(F)(F)F. The molecule has 0 aliphatic carbocycles. The van der Waals surface area contributed by atoms with E-state index in [0.717, 1.165) is 5.56 Å². The minimum Gasteiger partial charge on any atom is -0.390 e. The second-order valence-electron chi connectivity index (χ2n) is 5.62. The van der Waals surface area contributed by atoms with Crippen LogP contribution in [0.15, 0.2) is 30.3 Å². The first-order valence-corrected chi connectivity index (χ1v) is 7.16. The van der Waals surface area contributed by atoms with E-state index in [9.17, 15) is 18.3 Å². The first kappa shape index (κ1) is 16.3. The molecule has 3 nitrogen and oxygen atoms in total. The summed E-state index contributed by atoms with van der Waals surface area (Å²) in [5, 5.41) is 10.1. The molecular weight excluding hydrogens is 281 g/mol. The van der Waals surface area contributed by atoms with Crippen molar-refractivity contribution < 1.29 is 18.3 Å². The Hall–Kier alpha value is -1.11.